The zero-order valence-corrected chi connectivity index (χ0v) is 14.6. The smallest absolute Gasteiger partial charge is 0.338 e. The van der Waals surface area contributed by atoms with E-state index in [0.717, 1.165) is 11.3 Å². The van der Waals surface area contributed by atoms with Gasteiger partial charge in [0.05, 0.1) is 5.57 Å². The Balaban J connectivity index is 2.05. The van der Waals surface area contributed by atoms with E-state index in [1.54, 1.807) is 10.8 Å². The number of benzene rings is 1. The molecule has 1 aliphatic heterocycles. The predicted octanol–water partition coefficient (Wildman–Crippen LogP) is 2.36. The van der Waals surface area contributed by atoms with Crippen molar-refractivity contribution in [3.05, 3.63) is 60.1 Å². The number of hydrogen-bond acceptors (Lipinski definition) is 6. The Labute approximate surface area is 146 Å². The maximum absolute atomic E-state index is 12.6. The summed E-state index contributed by atoms with van der Waals surface area (Å²) in [5.74, 6) is 0.201. The minimum atomic E-state index is -0.396. The monoisotopic (exact) mass is 339 g/mol. The molecule has 130 valence electrons. The number of hydrogen-bond donors (Lipinski definition) is 1. The lowest BCUT2D eigenvalue weighted by atomic mass is 9.95. The molecule has 0 amide bonds. The predicted molar refractivity (Wildman–Crippen MR) is 96.4 cm³/mol. The van der Waals surface area contributed by atoms with Crippen LogP contribution in [0.1, 0.15) is 18.5 Å². The van der Waals surface area contributed by atoms with Gasteiger partial charge in [0, 0.05) is 25.5 Å². The van der Waals surface area contributed by atoms with Crippen LogP contribution in [-0.2, 0) is 9.53 Å². The van der Waals surface area contributed by atoms with Gasteiger partial charge in [0.15, 0.2) is 0 Å². The molecule has 0 fully saturated rings. The number of ether oxygens (including phenoxy) is 1. The number of anilines is 2. The van der Waals surface area contributed by atoms with Crippen LogP contribution in [0.2, 0.25) is 0 Å². The van der Waals surface area contributed by atoms with Crippen molar-refractivity contribution in [1.29, 1.82) is 0 Å². The third kappa shape index (κ3) is 3.13. The van der Waals surface area contributed by atoms with Crippen molar-refractivity contribution in [3.63, 3.8) is 0 Å². The summed E-state index contributed by atoms with van der Waals surface area (Å²) in [6, 6.07) is 7.61. The van der Waals surface area contributed by atoms with Crippen LogP contribution in [-0.4, -0.2) is 41.4 Å². The molecule has 7 heteroatoms. The molecule has 0 bridgehead atoms. The second kappa shape index (κ2) is 6.80. The maximum Gasteiger partial charge on any atom is 0.338 e. The van der Waals surface area contributed by atoms with E-state index in [9.17, 15) is 4.79 Å². The largest absolute Gasteiger partial charge is 0.458 e. The third-order valence-corrected chi connectivity index (χ3v) is 4.07. The number of carbonyl (C=O) groups is 1. The number of carbonyl (C=O) groups excluding carboxylic acids is 1. The zero-order chi connectivity index (χ0) is 18.0. The molecular formula is C18H21N5O2. The fraction of sp³-hybridized carbons (Fsp3) is 0.278. The van der Waals surface area contributed by atoms with Gasteiger partial charge in [-0.05, 0) is 24.6 Å². The van der Waals surface area contributed by atoms with Crippen LogP contribution in [0.4, 0.5) is 11.6 Å². The number of aromatic nitrogens is 3. The van der Waals surface area contributed by atoms with E-state index in [0.29, 0.717) is 17.2 Å². The second-order valence-corrected chi connectivity index (χ2v) is 5.97. The second-order valence-electron chi connectivity index (χ2n) is 5.97. The highest BCUT2D eigenvalue weighted by Crippen LogP contribution is 2.35. The lowest BCUT2D eigenvalue weighted by Crippen LogP contribution is -2.29. The summed E-state index contributed by atoms with van der Waals surface area (Å²) in [7, 11) is 3.97. The molecule has 0 saturated heterocycles. The summed E-state index contributed by atoms with van der Waals surface area (Å²) in [4.78, 5) is 18.9. The molecular weight excluding hydrogens is 318 g/mol. The lowest BCUT2D eigenvalue weighted by molar-refractivity contribution is -0.138. The average molecular weight is 339 g/mol. The van der Waals surface area contributed by atoms with Gasteiger partial charge >= 0.3 is 5.97 Å². The van der Waals surface area contributed by atoms with E-state index in [-0.39, 0.29) is 6.61 Å². The van der Waals surface area contributed by atoms with Crippen molar-refractivity contribution >= 4 is 17.6 Å². The first-order valence-corrected chi connectivity index (χ1v) is 7.95. The molecule has 0 aliphatic carbocycles. The van der Waals surface area contributed by atoms with Crippen LogP contribution in [0.3, 0.4) is 0 Å². The van der Waals surface area contributed by atoms with E-state index in [4.69, 9.17) is 4.74 Å². The average Bonchev–Trinajstić information content (AvgIpc) is 3.06. The molecule has 1 aliphatic rings. The molecule has 2 heterocycles. The van der Waals surface area contributed by atoms with Gasteiger partial charge in [-0.1, -0.05) is 24.8 Å². The van der Waals surface area contributed by atoms with Gasteiger partial charge in [-0.15, -0.1) is 0 Å². The fourth-order valence-corrected chi connectivity index (χ4v) is 2.83. The quantitative estimate of drug-likeness (QED) is 0.666. The summed E-state index contributed by atoms with van der Waals surface area (Å²) < 4.78 is 6.98. The molecule has 25 heavy (non-hydrogen) atoms. The third-order valence-electron chi connectivity index (χ3n) is 4.07. The molecule has 1 atom stereocenters. The minimum Gasteiger partial charge on any atom is -0.458 e. The molecule has 7 nitrogen and oxygen atoms in total. The Kier molecular flexibility index (Phi) is 4.56. The highest BCUT2D eigenvalue weighted by atomic mass is 16.5. The van der Waals surface area contributed by atoms with Crippen LogP contribution >= 0.6 is 0 Å². The number of allylic oxidation sites excluding steroid dienone is 1. The topological polar surface area (TPSA) is 72.3 Å². The molecule has 1 aromatic heterocycles. The van der Waals surface area contributed by atoms with E-state index in [1.165, 1.54) is 6.33 Å². The van der Waals surface area contributed by atoms with Crippen molar-refractivity contribution in [2.45, 2.75) is 13.0 Å². The molecule has 1 aromatic carbocycles. The number of nitrogens with zero attached hydrogens (tertiary/aromatic N) is 4. The standard InChI is InChI=1S/C18H21N5O2/c1-5-10-25-17(24)15-12(2)21-18-19-11-20-23(18)16(15)13-6-8-14(9-7-13)22(3)4/h5-9,11,16H,1,10H2,2-4H3,(H,19,20,21). The van der Waals surface area contributed by atoms with Crippen LogP contribution < -0.4 is 10.2 Å². The molecule has 1 N–H and O–H groups in total. The summed E-state index contributed by atoms with van der Waals surface area (Å²) >= 11 is 0. The van der Waals surface area contributed by atoms with Gasteiger partial charge in [-0.3, -0.25) is 0 Å². The molecule has 1 unspecified atom stereocenters. The highest BCUT2D eigenvalue weighted by molar-refractivity contribution is 5.92. The minimum absolute atomic E-state index is 0.159. The van der Waals surface area contributed by atoms with Gasteiger partial charge < -0.3 is 15.0 Å². The Bertz CT molecular complexity index is 820. The molecule has 0 saturated carbocycles. The summed E-state index contributed by atoms with van der Waals surface area (Å²) in [6.07, 6.45) is 3.01. The maximum atomic E-state index is 12.6. The van der Waals surface area contributed by atoms with Gasteiger partial charge in [-0.25, -0.2) is 9.48 Å². The Morgan fingerprint density at radius 1 is 1.40 bits per heavy atom. The Morgan fingerprint density at radius 2 is 2.12 bits per heavy atom. The van der Waals surface area contributed by atoms with E-state index < -0.39 is 12.0 Å². The van der Waals surface area contributed by atoms with Crippen molar-refractivity contribution in [2.75, 3.05) is 30.9 Å². The van der Waals surface area contributed by atoms with Crippen LogP contribution in [0, 0.1) is 0 Å². The molecule has 2 aromatic rings. The number of esters is 1. The van der Waals surface area contributed by atoms with E-state index in [1.807, 2.05) is 50.2 Å². The van der Waals surface area contributed by atoms with Gasteiger partial charge in [-0.2, -0.15) is 10.1 Å². The van der Waals surface area contributed by atoms with Gasteiger partial charge in [0.1, 0.15) is 19.0 Å². The van der Waals surface area contributed by atoms with Gasteiger partial charge in [0.2, 0.25) is 5.95 Å². The number of fused-ring (bicyclic) bond motifs is 1. The van der Waals surface area contributed by atoms with Crippen molar-refractivity contribution in [1.82, 2.24) is 14.8 Å². The normalized spacial score (nSPS) is 16.0. The first-order valence-electron chi connectivity index (χ1n) is 7.95. The van der Waals surface area contributed by atoms with Crippen molar-refractivity contribution in [2.24, 2.45) is 0 Å². The summed E-state index contributed by atoms with van der Waals surface area (Å²) in [6.45, 7) is 5.58. The first kappa shape index (κ1) is 16.8. The van der Waals surface area contributed by atoms with E-state index in [2.05, 4.69) is 22.0 Å². The Hall–Kier alpha value is -3.09. The number of nitrogens with one attached hydrogen (secondary N) is 1. The number of rotatable bonds is 5. The zero-order valence-electron chi connectivity index (χ0n) is 14.6. The molecule has 0 spiro atoms. The van der Waals surface area contributed by atoms with Crippen LogP contribution in [0.15, 0.2) is 54.5 Å². The van der Waals surface area contributed by atoms with E-state index >= 15 is 0 Å². The highest BCUT2D eigenvalue weighted by Gasteiger charge is 2.34. The van der Waals surface area contributed by atoms with Crippen LogP contribution in [0.25, 0.3) is 0 Å². The summed E-state index contributed by atoms with van der Waals surface area (Å²) in [5.41, 5.74) is 3.23. The molecule has 3 rings (SSSR count). The van der Waals surface area contributed by atoms with Gasteiger partial charge in [0.25, 0.3) is 0 Å². The lowest BCUT2D eigenvalue weighted by Gasteiger charge is -2.28. The fourth-order valence-electron chi connectivity index (χ4n) is 2.83. The van der Waals surface area contributed by atoms with Crippen molar-refractivity contribution < 1.29 is 9.53 Å². The summed E-state index contributed by atoms with van der Waals surface area (Å²) in [5, 5.41) is 7.40. The SMILES string of the molecule is C=CCOC(=O)C1=C(C)Nc2ncnn2C1c1ccc(N(C)C)cc1. The first-order chi connectivity index (χ1) is 12.0. The van der Waals surface area contributed by atoms with Crippen LogP contribution in [0.5, 0.6) is 0 Å². The molecule has 0 radical (unpaired) electrons. The van der Waals surface area contributed by atoms with Crippen molar-refractivity contribution in [3.8, 4) is 0 Å². The Morgan fingerprint density at radius 3 is 2.76 bits per heavy atom.